The fraction of sp³-hybridized carbons (Fsp3) is 0.286. The summed E-state index contributed by atoms with van der Waals surface area (Å²) in [6.07, 6.45) is 2.91. The van der Waals surface area contributed by atoms with Crippen LogP contribution in [-0.2, 0) is 19.1 Å². The monoisotopic (exact) mass is 341 g/mol. The molecule has 0 aromatic heterocycles. The highest BCUT2D eigenvalue weighted by Gasteiger charge is 2.03. The topological polar surface area (TPSA) is 64.6 Å². The molecule has 1 rings (SSSR count). The highest BCUT2D eigenvalue weighted by molar-refractivity contribution is 9.10. The minimum Gasteiger partial charge on any atom is -0.452 e. The Balaban J connectivity index is 2.29. The minimum absolute atomic E-state index is 0.298. The zero-order valence-corrected chi connectivity index (χ0v) is 12.7. The van der Waals surface area contributed by atoms with E-state index in [-0.39, 0.29) is 12.5 Å². The molecule has 0 spiro atoms. The fourth-order valence-electron chi connectivity index (χ4n) is 1.27. The van der Waals surface area contributed by atoms with E-state index >= 15 is 0 Å². The number of carbonyl (C=O) groups is 2. The summed E-state index contributed by atoms with van der Waals surface area (Å²) in [5.41, 5.74) is 0.870. The van der Waals surface area contributed by atoms with Crippen molar-refractivity contribution in [3.8, 4) is 0 Å². The molecule has 0 bridgehead atoms. The summed E-state index contributed by atoms with van der Waals surface area (Å²) < 4.78 is 10.5. The number of nitrogens with one attached hydrogen (secondary N) is 1. The zero-order valence-electron chi connectivity index (χ0n) is 11.1. The first kappa shape index (κ1) is 16.4. The van der Waals surface area contributed by atoms with Crippen LogP contribution >= 0.6 is 15.9 Å². The number of benzene rings is 1. The number of ether oxygens (including phenoxy) is 2. The Hall–Kier alpha value is -1.66. The van der Waals surface area contributed by atoms with Crippen molar-refractivity contribution >= 4 is 33.9 Å². The van der Waals surface area contributed by atoms with Gasteiger partial charge in [0.05, 0.1) is 6.61 Å². The molecule has 0 heterocycles. The van der Waals surface area contributed by atoms with Crippen molar-refractivity contribution < 1.29 is 19.1 Å². The molecular formula is C14H16BrNO4. The number of methoxy groups -OCH3 is 1. The van der Waals surface area contributed by atoms with Gasteiger partial charge >= 0.3 is 5.97 Å². The molecule has 0 unspecified atom stereocenters. The van der Waals surface area contributed by atoms with Crippen LogP contribution in [0.4, 0.5) is 0 Å². The van der Waals surface area contributed by atoms with Crippen molar-refractivity contribution in [1.82, 2.24) is 5.32 Å². The van der Waals surface area contributed by atoms with Crippen molar-refractivity contribution in [2.24, 2.45) is 0 Å². The lowest BCUT2D eigenvalue weighted by Crippen LogP contribution is -2.31. The van der Waals surface area contributed by atoms with Crippen LogP contribution in [0, 0.1) is 0 Å². The summed E-state index contributed by atoms with van der Waals surface area (Å²) in [5, 5.41) is 2.55. The highest BCUT2D eigenvalue weighted by Crippen LogP contribution is 2.11. The summed E-state index contributed by atoms with van der Waals surface area (Å²) in [6.45, 7) is 0.512. The molecule has 0 aliphatic rings. The van der Waals surface area contributed by atoms with Crippen LogP contribution in [0.1, 0.15) is 5.56 Å². The quantitative estimate of drug-likeness (QED) is 0.466. The molecule has 1 amide bonds. The maximum Gasteiger partial charge on any atom is 0.331 e. The van der Waals surface area contributed by atoms with E-state index in [0.717, 1.165) is 10.0 Å². The molecule has 6 heteroatoms. The van der Waals surface area contributed by atoms with Crippen LogP contribution in [-0.4, -0.2) is 38.7 Å². The zero-order chi connectivity index (χ0) is 14.8. The van der Waals surface area contributed by atoms with Gasteiger partial charge in [0.1, 0.15) is 0 Å². The van der Waals surface area contributed by atoms with Gasteiger partial charge in [-0.15, -0.1) is 0 Å². The number of esters is 1. The second-order valence-electron chi connectivity index (χ2n) is 3.84. The molecular weight excluding hydrogens is 326 g/mol. The third kappa shape index (κ3) is 7.06. The first-order chi connectivity index (χ1) is 9.61. The molecule has 0 radical (unpaired) electrons. The van der Waals surface area contributed by atoms with Crippen LogP contribution < -0.4 is 5.32 Å². The van der Waals surface area contributed by atoms with E-state index in [1.54, 1.807) is 13.2 Å². The largest absolute Gasteiger partial charge is 0.452 e. The standard InChI is InChI=1S/C14H16BrNO4/c1-19-9-8-16-13(17)10-20-14(18)7-4-11-2-5-12(15)6-3-11/h2-7H,8-10H2,1H3,(H,16,17)/b7-4+. The van der Waals surface area contributed by atoms with Crippen molar-refractivity contribution in [3.63, 3.8) is 0 Å². The second-order valence-corrected chi connectivity index (χ2v) is 4.75. The lowest BCUT2D eigenvalue weighted by Gasteiger charge is -2.04. The average molecular weight is 342 g/mol. The van der Waals surface area contributed by atoms with Gasteiger partial charge < -0.3 is 14.8 Å². The summed E-state index contributed by atoms with van der Waals surface area (Å²) in [4.78, 5) is 22.7. The molecule has 0 atom stereocenters. The van der Waals surface area contributed by atoms with E-state index in [4.69, 9.17) is 9.47 Å². The van der Waals surface area contributed by atoms with Crippen molar-refractivity contribution in [2.75, 3.05) is 26.9 Å². The smallest absolute Gasteiger partial charge is 0.331 e. The third-order valence-corrected chi connectivity index (χ3v) is 2.78. The maximum absolute atomic E-state index is 11.4. The van der Waals surface area contributed by atoms with Crippen LogP contribution in [0.15, 0.2) is 34.8 Å². The molecule has 108 valence electrons. The van der Waals surface area contributed by atoms with E-state index in [2.05, 4.69) is 21.2 Å². The molecule has 1 aromatic carbocycles. The van der Waals surface area contributed by atoms with E-state index in [0.29, 0.717) is 13.2 Å². The predicted octanol–water partition coefficient (Wildman–Crippen LogP) is 1.77. The number of carbonyl (C=O) groups excluding carboxylic acids is 2. The highest BCUT2D eigenvalue weighted by atomic mass is 79.9. The summed E-state index contributed by atoms with van der Waals surface area (Å²) in [5.74, 6) is -0.915. The second kappa shape index (κ2) is 9.28. The Bertz CT molecular complexity index is 471. The predicted molar refractivity (Wildman–Crippen MR) is 79.0 cm³/mol. The van der Waals surface area contributed by atoms with E-state index in [1.807, 2.05) is 24.3 Å². The maximum atomic E-state index is 11.4. The van der Waals surface area contributed by atoms with Crippen molar-refractivity contribution in [3.05, 3.63) is 40.4 Å². The normalized spacial score (nSPS) is 10.5. The lowest BCUT2D eigenvalue weighted by molar-refractivity contribution is -0.143. The number of hydrogen-bond acceptors (Lipinski definition) is 4. The summed E-state index contributed by atoms with van der Waals surface area (Å²) in [7, 11) is 1.54. The first-order valence-corrected chi connectivity index (χ1v) is 6.77. The Morgan fingerprint density at radius 1 is 1.30 bits per heavy atom. The molecule has 1 aromatic rings. The van der Waals surface area contributed by atoms with Crippen LogP contribution in [0.5, 0.6) is 0 Å². The number of rotatable bonds is 7. The van der Waals surface area contributed by atoms with Crippen molar-refractivity contribution in [1.29, 1.82) is 0 Å². The summed E-state index contributed by atoms with van der Waals surface area (Å²) in [6, 6.07) is 7.44. The van der Waals surface area contributed by atoms with Crippen molar-refractivity contribution in [2.45, 2.75) is 0 Å². The van der Waals surface area contributed by atoms with Gasteiger partial charge in [-0.3, -0.25) is 4.79 Å². The van der Waals surface area contributed by atoms with E-state index < -0.39 is 5.97 Å². The van der Waals surface area contributed by atoms with Gasteiger partial charge in [-0.05, 0) is 23.8 Å². The fourth-order valence-corrected chi connectivity index (χ4v) is 1.53. The van der Waals surface area contributed by atoms with Gasteiger partial charge in [-0.1, -0.05) is 28.1 Å². The number of amides is 1. The van der Waals surface area contributed by atoms with Crippen LogP contribution in [0.25, 0.3) is 6.08 Å². The van der Waals surface area contributed by atoms with Crippen LogP contribution in [0.3, 0.4) is 0 Å². The third-order valence-electron chi connectivity index (χ3n) is 2.26. The molecule has 0 fully saturated rings. The Labute approximate surface area is 126 Å². The van der Waals surface area contributed by atoms with Gasteiger partial charge in [-0.2, -0.15) is 0 Å². The Morgan fingerprint density at radius 3 is 2.65 bits per heavy atom. The number of hydrogen-bond donors (Lipinski definition) is 1. The molecule has 0 aliphatic carbocycles. The molecule has 20 heavy (non-hydrogen) atoms. The number of halogens is 1. The first-order valence-electron chi connectivity index (χ1n) is 5.98. The Morgan fingerprint density at radius 2 is 2.00 bits per heavy atom. The molecule has 0 saturated carbocycles. The van der Waals surface area contributed by atoms with E-state index in [1.165, 1.54) is 6.08 Å². The molecule has 0 saturated heterocycles. The minimum atomic E-state index is -0.560. The van der Waals surface area contributed by atoms with Gasteiger partial charge in [0, 0.05) is 24.2 Å². The molecule has 5 nitrogen and oxygen atoms in total. The van der Waals surface area contributed by atoms with Gasteiger partial charge in [0.25, 0.3) is 5.91 Å². The van der Waals surface area contributed by atoms with E-state index in [9.17, 15) is 9.59 Å². The van der Waals surface area contributed by atoms with Gasteiger partial charge in [0.2, 0.25) is 0 Å². The van der Waals surface area contributed by atoms with Gasteiger partial charge in [-0.25, -0.2) is 4.79 Å². The van der Waals surface area contributed by atoms with Crippen LogP contribution in [0.2, 0.25) is 0 Å². The average Bonchev–Trinajstić information content (AvgIpc) is 2.45. The molecule has 0 aliphatic heterocycles. The summed E-state index contributed by atoms with van der Waals surface area (Å²) >= 11 is 3.32. The molecule has 1 N–H and O–H groups in total. The SMILES string of the molecule is COCCNC(=O)COC(=O)/C=C/c1ccc(Br)cc1. The Kier molecular flexibility index (Phi) is 7.60. The lowest BCUT2D eigenvalue weighted by atomic mass is 10.2. The van der Waals surface area contributed by atoms with Gasteiger partial charge in [0.15, 0.2) is 6.61 Å².